The van der Waals surface area contributed by atoms with Crippen LogP contribution < -0.4 is 5.32 Å². The standard InChI is InChI=1S/C24H29N3O4S/c1-15-4-8-18(9-5-15)22-21(23(29)31-11-10-30-3)16(2)26-24-27(22)19(14-32-24)12-20(28)25-13-17-6-7-17/h4-5,8-9,14,17,22H,6-7,10-13H2,1-3H3,(H,25,28). The van der Waals surface area contributed by atoms with Crippen molar-refractivity contribution in [1.82, 2.24) is 10.2 Å². The number of aryl methyl sites for hydroxylation is 1. The van der Waals surface area contributed by atoms with Crippen LogP contribution in [0, 0.1) is 12.8 Å². The Labute approximate surface area is 192 Å². The van der Waals surface area contributed by atoms with E-state index in [2.05, 4.69) is 10.3 Å². The van der Waals surface area contributed by atoms with Gasteiger partial charge in [-0.05, 0) is 43.6 Å². The number of rotatable bonds is 9. The van der Waals surface area contributed by atoms with Gasteiger partial charge in [0.2, 0.25) is 5.91 Å². The van der Waals surface area contributed by atoms with Crippen molar-refractivity contribution >= 4 is 28.8 Å². The highest BCUT2D eigenvalue weighted by Crippen LogP contribution is 2.44. The molecule has 0 saturated heterocycles. The van der Waals surface area contributed by atoms with Crippen LogP contribution in [0.25, 0.3) is 0 Å². The first-order chi connectivity index (χ1) is 15.5. The second kappa shape index (κ2) is 9.92. The number of amides is 1. The molecule has 8 heteroatoms. The van der Waals surface area contributed by atoms with Gasteiger partial charge in [-0.25, -0.2) is 9.79 Å². The number of carbonyl (C=O) groups is 2. The zero-order chi connectivity index (χ0) is 22.7. The van der Waals surface area contributed by atoms with Gasteiger partial charge in [0.25, 0.3) is 0 Å². The van der Waals surface area contributed by atoms with Gasteiger partial charge in [0.05, 0.1) is 30.3 Å². The number of hydrogen-bond acceptors (Lipinski definition) is 7. The summed E-state index contributed by atoms with van der Waals surface area (Å²) in [5.41, 5.74) is 4.04. The molecule has 7 nitrogen and oxygen atoms in total. The normalized spacial score (nSPS) is 20.0. The fourth-order valence-electron chi connectivity index (χ4n) is 3.80. The predicted octanol–water partition coefficient (Wildman–Crippen LogP) is 3.68. The van der Waals surface area contributed by atoms with Gasteiger partial charge in [-0.1, -0.05) is 41.6 Å². The maximum absolute atomic E-state index is 13.1. The van der Waals surface area contributed by atoms with E-state index in [4.69, 9.17) is 9.47 Å². The molecule has 1 unspecified atom stereocenters. The number of nitrogens with one attached hydrogen (secondary N) is 1. The number of esters is 1. The van der Waals surface area contributed by atoms with Gasteiger partial charge in [-0.2, -0.15) is 0 Å². The summed E-state index contributed by atoms with van der Waals surface area (Å²) in [4.78, 5) is 32.4. The largest absolute Gasteiger partial charge is 0.460 e. The number of nitrogens with zero attached hydrogens (tertiary/aromatic N) is 2. The molecule has 1 atom stereocenters. The molecule has 1 fully saturated rings. The molecular formula is C24H29N3O4S. The predicted molar refractivity (Wildman–Crippen MR) is 125 cm³/mol. The van der Waals surface area contributed by atoms with E-state index < -0.39 is 12.0 Å². The number of allylic oxidation sites excluding steroid dienone is 1. The van der Waals surface area contributed by atoms with Gasteiger partial charge in [-0.3, -0.25) is 4.79 Å². The lowest BCUT2D eigenvalue weighted by Gasteiger charge is -2.36. The minimum atomic E-state index is -0.414. The zero-order valence-electron chi connectivity index (χ0n) is 18.7. The molecule has 1 aliphatic carbocycles. The number of ether oxygens (including phenoxy) is 2. The molecule has 4 rings (SSSR count). The molecular weight excluding hydrogens is 426 g/mol. The van der Waals surface area contributed by atoms with Gasteiger partial charge >= 0.3 is 5.97 Å². The maximum Gasteiger partial charge on any atom is 0.338 e. The molecule has 1 N–H and O–H groups in total. The van der Waals surface area contributed by atoms with Crippen molar-refractivity contribution in [3.8, 4) is 0 Å². The lowest BCUT2D eigenvalue weighted by atomic mass is 9.93. The molecule has 2 heterocycles. The van der Waals surface area contributed by atoms with E-state index >= 15 is 0 Å². The molecule has 0 bridgehead atoms. The van der Waals surface area contributed by atoms with Crippen molar-refractivity contribution in [2.24, 2.45) is 10.9 Å². The minimum absolute atomic E-state index is 0.0110. The summed E-state index contributed by atoms with van der Waals surface area (Å²) in [6, 6.07) is 7.69. The third kappa shape index (κ3) is 5.07. The van der Waals surface area contributed by atoms with Gasteiger partial charge in [0.15, 0.2) is 5.17 Å². The van der Waals surface area contributed by atoms with Gasteiger partial charge in [-0.15, -0.1) is 0 Å². The van der Waals surface area contributed by atoms with Crippen LogP contribution in [-0.2, 0) is 19.1 Å². The Balaban J connectivity index is 1.62. The zero-order valence-corrected chi connectivity index (χ0v) is 19.5. The first kappa shape index (κ1) is 22.6. The SMILES string of the molecule is COCCOC(=O)C1=C(C)N=C2SC=C(CC(=O)NCC3CC3)N2C1c1ccc(C)cc1. The van der Waals surface area contributed by atoms with E-state index in [0.29, 0.717) is 23.8 Å². The molecule has 3 aliphatic rings. The second-order valence-corrected chi connectivity index (χ2v) is 9.19. The van der Waals surface area contributed by atoms with E-state index in [1.165, 1.54) is 24.6 Å². The van der Waals surface area contributed by atoms with E-state index in [9.17, 15) is 9.59 Å². The summed E-state index contributed by atoms with van der Waals surface area (Å²) >= 11 is 1.48. The van der Waals surface area contributed by atoms with Gasteiger partial charge < -0.3 is 19.7 Å². The van der Waals surface area contributed by atoms with Crippen molar-refractivity contribution in [1.29, 1.82) is 0 Å². The highest BCUT2D eigenvalue weighted by atomic mass is 32.2. The Hall–Kier alpha value is -2.58. The number of carbonyl (C=O) groups excluding carboxylic acids is 2. The summed E-state index contributed by atoms with van der Waals surface area (Å²) < 4.78 is 10.5. The van der Waals surface area contributed by atoms with E-state index in [1.54, 1.807) is 7.11 Å². The van der Waals surface area contributed by atoms with Crippen LogP contribution in [-0.4, -0.2) is 48.8 Å². The number of benzene rings is 1. The number of amidine groups is 1. The third-order valence-corrected chi connectivity index (χ3v) is 6.65. The van der Waals surface area contributed by atoms with Crippen molar-refractivity contribution in [2.75, 3.05) is 26.9 Å². The number of fused-ring (bicyclic) bond motifs is 1. The summed E-state index contributed by atoms with van der Waals surface area (Å²) in [7, 11) is 1.57. The Kier molecular flexibility index (Phi) is 7.01. The van der Waals surface area contributed by atoms with E-state index in [1.807, 2.05) is 48.4 Å². The summed E-state index contributed by atoms with van der Waals surface area (Å²) in [5, 5.41) is 5.76. The average Bonchev–Trinajstić information content (AvgIpc) is 3.53. The lowest BCUT2D eigenvalue weighted by molar-refractivity contribution is -0.141. The average molecular weight is 456 g/mol. The topological polar surface area (TPSA) is 80.2 Å². The number of aliphatic imine (C=N–C) groups is 1. The fourth-order valence-corrected chi connectivity index (χ4v) is 4.76. The number of methoxy groups -OCH3 is 1. The first-order valence-corrected chi connectivity index (χ1v) is 11.8. The molecule has 1 amide bonds. The van der Waals surface area contributed by atoms with Crippen LogP contribution in [0.5, 0.6) is 0 Å². The quantitative estimate of drug-likeness (QED) is 0.452. The van der Waals surface area contributed by atoms with Gasteiger partial charge in [0.1, 0.15) is 6.61 Å². The van der Waals surface area contributed by atoms with Crippen molar-refractivity contribution in [3.63, 3.8) is 0 Å². The van der Waals surface area contributed by atoms with Crippen LogP contribution in [0.3, 0.4) is 0 Å². The minimum Gasteiger partial charge on any atom is -0.460 e. The van der Waals surface area contributed by atoms with Crippen molar-refractivity contribution < 1.29 is 19.1 Å². The Morgan fingerprint density at radius 3 is 2.62 bits per heavy atom. The monoisotopic (exact) mass is 455 g/mol. The maximum atomic E-state index is 13.1. The van der Waals surface area contributed by atoms with Crippen LogP contribution in [0.15, 0.2) is 51.6 Å². The molecule has 0 radical (unpaired) electrons. The molecule has 32 heavy (non-hydrogen) atoms. The molecule has 1 saturated carbocycles. The third-order valence-electron chi connectivity index (χ3n) is 5.76. The Morgan fingerprint density at radius 2 is 1.94 bits per heavy atom. The summed E-state index contributed by atoms with van der Waals surface area (Å²) in [6.45, 7) is 5.09. The Morgan fingerprint density at radius 1 is 1.19 bits per heavy atom. The van der Waals surface area contributed by atoms with E-state index in [-0.39, 0.29) is 18.9 Å². The van der Waals surface area contributed by atoms with Gasteiger partial charge in [0, 0.05) is 19.4 Å². The van der Waals surface area contributed by atoms with E-state index in [0.717, 1.165) is 28.5 Å². The van der Waals surface area contributed by atoms with Crippen LogP contribution in [0.2, 0.25) is 0 Å². The smallest absolute Gasteiger partial charge is 0.338 e. The first-order valence-electron chi connectivity index (χ1n) is 10.9. The van der Waals surface area contributed by atoms with Crippen LogP contribution in [0.4, 0.5) is 0 Å². The fraction of sp³-hybridized carbons (Fsp3) is 0.458. The molecule has 1 aromatic rings. The van der Waals surface area contributed by atoms with Crippen LogP contribution >= 0.6 is 11.8 Å². The van der Waals surface area contributed by atoms with Crippen molar-refractivity contribution in [3.05, 3.63) is 57.8 Å². The Bertz CT molecular complexity index is 979. The molecule has 2 aliphatic heterocycles. The second-order valence-electron chi connectivity index (χ2n) is 8.36. The highest BCUT2D eigenvalue weighted by Gasteiger charge is 2.41. The molecule has 170 valence electrons. The molecule has 1 aromatic carbocycles. The molecule has 0 spiro atoms. The lowest BCUT2D eigenvalue weighted by Crippen LogP contribution is -2.38. The summed E-state index contributed by atoms with van der Waals surface area (Å²) in [6.07, 6.45) is 2.62. The van der Waals surface area contributed by atoms with Crippen LogP contribution in [0.1, 0.15) is 43.4 Å². The highest BCUT2D eigenvalue weighted by molar-refractivity contribution is 8.16. The number of hydrogen-bond donors (Lipinski definition) is 1. The molecule has 0 aromatic heterocycles. The summed E-state index contributed by atoms with van der Waals surface area (Å²) in [5.74, 6) is 0.197. The number of thioether (sulfide) groups is 1. The van der Waals surface area contributed by atoms with Crippen molar-refractivity contribution in [2.45, 2.75) is 39.2 Å².